The maximum absolute atomic E-state index is 2.52. The summed E-state index contributed by atoms with van der Waals surface area (Å²) in [4.78, 5) is 0. The van der Waals surface area contributed by atoms with Crippen molar-refractivity contribution in [2.24, 2.45) is 0 Å². The molecule has 0 bridgehead atoms. The Bertz CT molecular complexity index is 695. The second-order valence-electron chi connectivity index (χ2n) is 7.99. The van der Waals surface area contributed by atoms with Crippen molar-refractivity contribution in [3.63, 3.8) is 0 Å². The molecule has 0 aliphatic carbocycles. The fourth-order valence-corrected chi connectivity index (χ4v) is 15.4. The molecule has 0 aliphatic rings. The molecule has 0 heterocycles. The summed E-state index contributed by atoms with van der Waals surface area (Å²) in [6, 6.07) is 33.8. The van der Waals surface area contributed by atoms with Gasteiger partial charge >= 0.3 is 154 Å². The van der Waals surface area contributed by atoms with Gasteiger partial charge in [-0.15, -0.1) is 0 Å². The SMILES string of the molecule is CC([Si](C)(C)C)[PH](c1ccccc1)(c1ccccc1)c1ccccc1. The maximum atomic E-state index is 2.52. The first kappa shape index (κ1) is 18.1. The van der Waals surface area contributed by atoms with Gasteiger partial charge in [-0.3, -0.25) is 0 Å². The van der Waals surface area contributed by atoms with Crippen LogP contribution < -0.4 is 15.9 Å². The Morgan fingerprint density at radius 3 is 1.08 bits per heavy atom. The first-order valence-corrected chi connectivity index (χ1v) is 14.8. The summed E-state index contributed by atoms with van der Waals surface area (Å²) < 4.78 is 0. The number of hydrogen-bond donors (Lipinski definition) is 0. The minimum absolute atomic E-state index is 0.687. The molecule has 3 aromatic carbocycles. The molecule has 0 aromatic heterocycles. The van der Waals surface area contributed by atoms with Crippen molar-refractivity contribution in [1.82, 2.24) is 0 Å². The molecule has 130 valence electrons. The quantitative estimate of drug-likeness (QED) is 0.442. The molecule has 3 rings (SSSR count). The van der Waals surface area contributed by atoms with Gasteiger partial charge in [-0.25, -0.2) is 0 Å². The van der Waals surface area contributed by atoms with E-state index in [0.717, 1.165) is 0 Å². The van der Waals surface area contributed by atoms with E-state index in [4.69, 9.17) is 0 Å². The monoisotopic (exact) mass is 364 g/mol. The molecule has 0 fully saturated rings. The van der Waals surface area contributed by atoms with Crippen LogP contribution in [0.3, 0.4) is 0 Å². The van der Waals surface area contributed by atoms with Crippen LogP contribution in [0.2, 0.25) is 19.6 Å². The van der Waals surface area contributed by atoms with E-state index in [2.05, 4.69) is 118 Å². The van der Waals surface area contributed by atoms with E-state index in [-0.39, 0.29) is 0 Å². The average Bonchev–Trinajstić information content (AvgIpc) is 2.64. The van der Waals surface area contributed by atoms with E-state index >= 15 is 0 Å². The van der Waals surface area contributed by atoms with Gasteiger partial charge in [-0.1, -0.05) is 0 Å². The van der Waals surface area contributed by atoms with Crippen molar-refractivity contribution in [3.05, 3.63) is 91.0 Å². The standard InChI is InChI=1S/C23H29PSi/c1-20(25(2,3)4)24(21-14-8-5-9-15-21,22-16-10-6-11-17-22)23-18-12-7-13-19-23/h5-20,24H,1-4H3. The van der Waals surface area contributed by atoms with Gasteiger partial charge in [0.2, 0.25) is 0 Å². The van der Waals surface area contributed by atoms with Crippen LogP contribution in [0, 0.1) is 0 Å². The first-order valence-electron chi connectivity index (χ1n) is 9.14. The predicted molar refractivity (Wildman–Crippen MR) is 119 cm³/mol. The number of benzene rings is 3. The fraction of sp³-hybridized carbons (Fsp3) is 0.217. The van der Waals surface area contributed by atoms with E-state index in [9.17, 15) is 0 Å². The molecule has 0 saturated heterocycles. The van der Waals surface area contributed by atoms with Crippen LogP contribution >= 0.6 is 7.26 Å². The Balaban J connectivity index is 2.40. The van der Waals surface area contributed by atoms with Gasteiger partial charge in [0.15, 0.2) is 0 Å². The van der Waals surface area contributed by atoms with Crippen LogP contribution in [0.1, 0.15) is 6.92 Å². The van der Waals surface area contributed by atoms with Gasteiger partial charge in [0.1, 0.15) is 0 Å². The van der Waals surface area contributed by atoms with Crippen LogP contribution in [0.5, 0.6) is 0 Å². The van der Waals surface area contributed by atoms with E-state index in [1.807, 2.05) is 0 Å². The van der Waals surface area contributed by atoms with Gasteiger partial charge in [0.05, 0.1) is 0 Å². The van der Waals surface area contributed by atoms with Crippen molar-refractivity contribution in [1.29, 1.82) is 0 Å². The van der Waals surface area contributed by atoms with Crippen molar-refractivity contribution in [2.45, 2.75) is 31.8 Å². The van der Waals surface area contributed by atoms with Crippen molar-refractivity contribution in [3.8, 4) is 0 Å². The van der Waals surface area contributed by atoms with Crippen LogP contribution in [0.25, 0.3) is 0 Å². The Hall–Kier alpha value is -1.69. The second kappa shape index (κ2) is 7.28. The van der Waals surface area contributed by atoms with E-state index in [0.29, 0.717) is 5.28 Å². The van der Waals surface area contributed by atoms with Gasteiger partial charge in [0.25, 0.3) is 0 Å². The molecule has 0 saturated carbocycles. The molecule has 0 nitrogen and oxygen atoms in total. The van der Waals surface area contributed by atoms with E-state index in [1.54, 1.807) is 0 Å². The molecule has 2 heteroatoms. The van der Waals surface area contributed by atoms with Crippen molar-refractivity contribution in [2.75, 3.05) is 0 Å². The molecule has 0 N–H and O–H groups in total. The van der Waals surface area contributed by atoms with Crippen molar-refractivity contribution < 1.29 is 0 Å². The summed E-state index contributed by atoms with van der Waals surface area (Å²) in [5.74, 6) is 0. The fourth-order valence-electron chi connectivity index (χ4n) is 4.00. The minimum atomic E-state index is -2.10. The van der Waals surface area contributed by atoms with Crippen LogP contribution in [0.4, 0.5) is 0 Å². The predicted octanol–water partition coefficient (Wildman–Crippen LogP) is 4.98. The average molecular weight is 365 g/mol. The molecule has 3 aromatic rings. The molecule has 0 amide bonds. The Morgan fingerprint density at radius 1 is 0.560 bits per heavy atom. The Morgan fingerprint density at radius 2 is 0.840 bits per heavy atom. The topological polar surface area (TPSA) is 0 Å². The summed E-state index contributed by atoms with van der Waals surface area (Å²) in [6.07, 6.45) is 0. The molecule has 1 unspecified atom stereocenters. The third-order valence-electron chi connectivity index (χ3n) is 5.64. The zero-order valence-corrected chi connectivity index (χ0v) is 17.7. The molecule has 25 heavy (non-hydrogen) atoms. The third-order valence-corrected chi connectivity index (χ3v) is 17.2. The zero-order chi connectivity index (χ0) is 17.9. The van der Waals surface area contributed by atoms with Crippen LogP contribution in [-0.2, 0) is 0 Å². The zero-order valence-electron chi connectivity index (χ0n) is 15.7. The molecule has 0 spiro atoms. The Labute approximate surface area is 154 Å². The van der Waals surface area contributed by atoms with Crippen LogP contribution in [0.15, 0.2) is 91.0 Å². The van der Waals surface area contributed by atoms with Gasteiger partial charge < -0.3 is 0 Å². The molecular weight excluding hydrogens is 335 g/mol. The number of hydrogen-bond acceptors (Lipinski definition) is 0. The Kier molecular flexibility index (Phi) is 5.27. The summed E-state index contributed by atoms with van der Waals surface area (Å²) in [6.45, 7) is 10.1. The summed E-state index contributed by atoms with van der Waals surface area (Å²) in [7, 11) is -3.48. The molecule has 0 aliphatic heterocycles. The second-order valence-corrected chi connectivity index (χ2v) is 18.4. The molecular formula is C23H29PSi. The molecule has 0 radical (unpaired) electrons. The first-order chi connectivity index (χ1) is 12.0. The summed E-state index contributed by atoms with van der Waals surface area (Å²) in [5, 5.41) is 5.28. The third kappa shape index (κ3) is 3.36. The van der Waals surface area contributed by atoms with Gasteiger partial charge in [0, 0.05) is 0 Å². The van der Waals surface area contributed by atoms with Gasteiger partial charge in [-0.05, 0) is 0 Å². The van der Waals surface area contributed by atoms with E-state index < -0.39 is 15.3 Å². The number of rotatable bonds is 5. The molecule has 1 atom stereocenters. The van der Waals surface area contributed by atoms with Crippen molar-refractivity contribution >= 4 is 31.2 Å². The summed E-state index contributed by atoms with van der Waals surface area (Å²) >= 11 is 0. The van der Waals surface area contributed by atoms with Gasteiger partial charge in [-0.2, -0.15) is 0 Å². The summed E-state index contributed by atoms with van der Waals surface area (Å²) in [5.41, 5.74) is 0. The van der Waals surface area contributed by atoms with E-state index in [1.165, 1.54) is 15.9 Å². The normalized spacial score (nSPS) is 14.1. The van der Waals surface area contributed by atoms with Crippen LogP contribution in [-0.4, -0.2) is 13.4 Å².